The lowest BCUT2D eigenvalue weighted by molar-refractivity contribution is -0.143. The van der Waals surface area contributed by atoms with E-state index >= 15 is 4.39 Å². The van der Waals surface area contributed by atoms with Crippen LogP contribution in [0.15, 0.2) is 54.6 Å². The number of anilines is 1. The van der Waals surface area contributed by atoms with Gasteiger partial charge >= 0.3 is 18.5 Å². The van der Waals surface area contributed by atoms with E-state index in [2.05, 4.69) is 15.4 Å². The number of tetrazole rings is 1. The molecule has 0 fully saturated rings. The topological polar surface area (TPSA) is 56.1 Å². The van der Waals surface area contributed by atoms with Crippen LogP contribution in [-0.4, -0.2) is 27.3 Å². The highest BCUT2D eigenvalue weighted by molar-refractivity contribution is 5.71. The molecule has 0 bridgehead atoms. The molecule has 6 nitrogen and oxygen atoms in total. The molecule has 0 saturated carbocycles. The standard InChI is InChI=1S/C26H19F10N5O/c1-40-38-23(37-39-40)41(12-14-9-16(24(28,29)30)11-17(10-14)25(31,32)33)13-15-5-3-4-6-18(15)19-7-8-20(26(34,35)36)22(42-2)21(19)27/h3-11H,12-13H2,1-2H3. The Hall–Kier alpha value is -4.37. The van der Waals surface area contributed by atoms with Gasteiger partial charge in [0.1, 0.15) is 5.56 Å². The Labute approximate surface area is 231 Å². The zero-order valence-electron chi connectivity index (χ0n) is 21.5. The molecule has 0 spiro atoms. The number of benzene rings is 3. The van der Waals surface area contributed by atoms with E-state index in [-0.39, 0.29) is 35.2 Å². The first kappa shape index (κ1) is 30.6. The Balaban J connectivity index is 1.81. The highest BCUT2D eigenvalue weighted by atomic mass is 19.4. The number of aryl methyl sites for hydroxylation is 1. The summed E-state index contributed by atoms with van der Waals surface area (Å²) in [6.45, 7) is -0.895. The molecule has 0 aliphatic rings. The molecule has 3 aromatic carbocycles. The number of hydrogen-bond donors (Lipinski definition) is 0. The molecule has 0 saturated heterocycles. The SMILES string of the molecule is COc1c(C(F)(F)F)ccc(-c2ccccc2CN(Cc2cc(C(F)(F)F)cc(C(F)(F)F)c2)c2nnn(C)n2)c1F. The van der Waals surface area contributed by atoms with Crippen LogP contribution < -0.4 is 9.64 Å². The van der Waals surface area contributed by atoms with E-state index in [4.69, 9.17) is 4.74 Å². The lowest BCUT2D eigenvalue weighted by Gasteiger charge is -2.24. The minimum Gasteiger partial charge on any atom is -0.493 e. The Morgan fingerprint density at radius 3 is 1.93 bits per heavy atom. The first-order valence-corrected chi connectivity index (χ1v) is 11.8. The average molecular weight is 607 g/mol. The molecular formula is C26H19F10N5O. The van der Waals surface area contributed by atoms with Gasteiger partial charge in [-0.25, -0.2) is 4.39 Å². The molecule has 0 atom stereocenters. The molecule has 42 heavy (non-hydrogen) atoms. The number of aromatic nitrogens is 4. The fourth-order valence-corrected chi connectivity index (χ4v) is 4.24. The van der Waals surface area contributed by atoms with Crippen molar-refractivity contribution in [1.82, 2.24) is 20.2 Å². The molecule has 224 valence electrons. The number of halogens is 10. The summed E-state index contributed by atoms with van der Waals surface area (Å²) in [5.74, 6) is -2.56. The van der Waals surface area contributed by atoms with E-state index in [0.717, 1.165) is 18.0 Å². The number of nitrogens with zero attached hydrogens (tertiary/aromatic N) is 5. The normalized spacial score (nSPS) is 12.5. The predicted molar refractivity (Wildman–Crippen MR) is 129 cm³/mol. The summed E-state index contributed by atoms with van der Waals surface area (Å²) in [6, 6.07) is 8.43. The lowest BCUT2D eigenvalue weighted by atomic mass is 9.96. The van der Waals surface area contributed by atoms with Gasteiger partial charge < -0.3 is 9.64 Å². The van der Waals surface area contributed by atoms with Crippen molar-refractivity contribution in [2.45, 2.75) is 31.6 Å². The van der Waals surface area contributed by atoms with Crippen molar-refractivity contribution in [3.63, 3.8) is 0 Å². The second-order valence-corrected chi connectivity index (χ2v) is 9.01. The van der Waals surface area contributed by atoms with Crippen LogP contribution in [-0.2, 0) is 38.7 Å². The Morgan fingerprint density at radius 1 is 0.786 bits per heavy atom. The van der Waals surface area contributed by atoms with Crippen LogP contribution in [0, 0.1) is 5.82 Å². The van der Waals surface area contributed by atoms with Gasteiger partial charge in [0.2, 0.25) is 0 Å². The zero-order chi connectivity index (χ0) is 31.0. The van der Waals surface area contributed by atoms with E-state index in [1.54, 1.807) is 0 Å². The van der Waals surface area contributed by atoms with Crippen molar-refractivity contribution in [2.75, 3.05) is 12.0 Å². The third kappa shape index (κ3) is 6.57. The Kier molecular flexibility index (Phi) is 8.11. The molecule has 0 unspecified atom stereocenters. The van der Waals surface area contributed by atoms with Gasteiger partial charge in [0.15, 0.2) is 11.6 Å². The molecule has 0 aliphatic carbocycles. The number of ether oxygens (including phenoxy) is 1. The molecule has 4 rings (SSSR count). The van der Waals surface area contributed by atoms with E-state index in [9.17, 15) is 39.5 Å². The van der Waals surface area contributed by atoms with Gasteiger partial charge in [-0.2, -0.15) is 44.3 Å². The highest BCUT2D eigenvalue weighted by Gasteiger charge is 2.38. The van der Waals surface area contributed by atoms with Crippen LogP contribution in [0.2, 0.25) is 0 Å². The first-order chi connectivity index (χ1) is 19.5. The van der Waals surface area contributed by atoms with Crippen molar-refractivity contribution in [3.8, 4) is 16.9 Å². The van der Waals surface area contributed by atoms with Crippen LogP contribution in [0.5, 0.6) is 5.75 Å². The maximum atomic E-state index is 15.4. The van der Waals surface area contributed by atoms with Gasteiger partial charge in [-0.1, -0.05) is 35.4 Å². The van der Waals surface area contributed by atoms with Crippen molar-refractivity contribution in [2.24, 2.45) is 7.05 Å². The average Bonchev–Trinajstić information content (AvgIpc) is 3.33. The monoisotopic (exact) mass is 607 g/mol. The van der Waals surface area contributed by atoms with Gasteiger partial charge in [-0.05, 0) is 46.2 Å². The number of hydrogen-bond acceptors (Lipinski definition) is 5. The smallest absolute Gasteiger partial charge is 0.420 e. The van der Waals surface area contributed by atoms with E-state index in [1.807, 2.05) is 0 Å². The zero-order valence-corrected chi connectivity index (χ0v) is 21.5. The van der Waals surface area contributed by atoms with Gasteiger partial charge in [-0.15, -0.1) is 5.10 Å². The largest absolute Gasteiger partial charge is 0.493 e. The lowest BCUT2D eigenvalue weighted by Crippen LogP contribution is -2.25. The second-order valence-electron chi connectivity index (χ2n) is 9.01. The quantitative estimate of drug-likeness (QED) is 0.207. The fraction of sp³-hybridized carbons (Fsp3) is 0.269. The van der Waals surface area contributed by atoms with Crippen LogP contribution in [0.1, 0.15) is 27.8 Å². The number of alkyl halides is 9. The summed E-state index contributed by atoms with van der Waals surface area (Å²) in [5, 5.41) is 11.4. The summed E-state index contributed by atoms with van der Waals surface area (Å²) >= 11 is 0. The maximum absolute atomic E-state index is 15.4. The van der Waals surface area contributed by atoms with Crippen molar-refractivity contribution in [1.29, 1.82) is 0 Å². The molecule has 0 aliphatic heterocycles. The summed E-state index contributed by atoms with van der Waals surface area (Å²) in [4.78, 5) is 2.20. The Morgan fingerprint density at radius 2 is 1.40 bits per heavy atom. The fourth-order valence-electron chi connectivity index (χ4n) is 4.24. The maximum Gasteiger partial charge on any atom is 0.420 e. The minimum atomic E-state index is -5.09. The summed E-state index contributed by atoms with van der Waals surface area (Å²) < 4.78 is 141. The molecule has 16 heteroatoms. The second kappa shape index (κ2) is 11.1. The molecule has 0 N–H and O–H groups in total. The molecule has 1 aromatic heterocycles. The van der Waals surface area contributed by atoms with Crippen LogP contribution in [0.3, 0.4) is 0 Å². The van der Waals surface area contributed by atoms with Gasteiger partial charge in [0, 0.05) is 18.7 Å². The molecule has 0 amide bonds. The predicted octanol–water partition coefficient (Wildman–Crippen LogP) is 7.29. The summed E-state index contributed by atoms with van der Waals surface area (Å²) in [7, 11) is 2.24. The third-order valence-electron chi connectivity index (χ3n) is 6.08. The number of rotatable bonds is 7. The van der Waals surface area contributed by atoms with E-state index in [1.165, 1.54) is 36.2 Å². The third-order valence-corrected chi connectivity index (χ3v) is 6.08. The van der Waals surface area contributed by atoms with Crippen LogP contribution in [0.25, 0.3) is 11.1 Å². The number of methoxy groups -OCH3 is 1. The first-order valence-electron chi connectivity index (χ1n) is 11.8. The molecule has 0 radical (unpaired) electrons. The summed E-state index contributed by atoms with van der Waals surface area (Å²) in [6.07, 6.45) is -15.1. The van der Waals surface area contributed by atoms with E-state index in [0.29, 0.717) is 18.2 Å². The van der Waals surface area contributed by atoms with Crippen LogP contribution in [0.4, 0.5) is 49.9 Å². The van der Waals surface area contributed by atoms with Crippen LogP contribution >= 0.6 is 0 Å². The molecular weight excluding hydrogens is 588 g/mol. The molecule has 1 heterocycles. The van der Waals surface area contributed by atoms with Gasteiger partial charge in [0.05, 0.1) is 25.3 Å². The van der Waals surface area contributed by atoms with Crippen molar-refractivity contribution < 1.29 is 48.6 Å². The van der Waals surface area contributed by atoms with E-state index < -0.39 is 58.9 Å². The van der Waals surface area contributed by atoms with Crippen molar-refractivity contribution >= 4 is 5.95 Å². The van der Waals surface area contributed by atoms with Gasteiger partial charge in [-0.3, -0.25) is 0 Å². The summed E-state index contributed by atoms with van der Waals surface area (Å²) in [5.41, 5.74) is -4.79. The highest BCUT2D eigenvalue weighted by Crippen LogP contribution is 2.42. The minimum absolute atomic E-state index is 0.00944. The van der Waals surface area contributed by atoms with Crippen molar-refractivity contribution in [3.05, 3.63) is 88.2 Å². The van der Waals surface area contributed by atoms with Gasteiger partial charge in [0.25, 0.3) is 5.95 Å². The Bertz CT molecular complexity index is 1540. The molecule has 4 aromatic rings.